The number of thiazole rings is 1. The van der Waals surface area contributed by atoms with Crippen LogP contribution in [0.3, 0.4) is 0 Å². The fourth-order valence-electron chi connectivity index (χ4n) is 2.87. The van der Waals surface area contributed by atoms with Gasteiger partial charge in [-0.25, -0.2) is 9.78 Å². The van der Waals surface area contributed by atoms with E-state index in [9.17, 15) is 9.90 Å². The van der Waals surface area contributed by atoms with E-state index < -0.39 is 11.6 Å². The number of hydrogen-bond donors (Lipinski definition) is 2. The van der Waals surface area contributed by atoms with Crippen LogP contribution in [-0.2, 0) is 0 Å². The third-order valence-electron chi connectivity index (χ3n) is 3.94. The molecule has 0 aliphatic carbocycles. The summed E-state index contributed by atoms with van der Waals surface area (Å²) in [6, 6.07) is 7.86. The normalized spacial score (nSPS) is 12.9. The lowest BCUT2D eigenvalue weighted by atomic mass is 9.97. The van der Waals surface area contributed by atoms with Crippen molar-refractivity contribution < 1.29 is 9.90 Å². The monoisotopic (exact) mass is 347 g/mol. The Labute approximate surface area is 147 Å². The van der Waals surface area contributed by atoms with Gasteiger partial charge in [0.05, 0.1) is 22.1 Å². The standard InChI is InChI=1S/C18H25N3O2S/c1-12-16(24-11-20-12)14-8-6-13(7-9-14)15(10-19-5)21(17(22)23)18(2,3)4/h6-9,11,15,19H,10H2,1-5H3,(H,22,23). The highest BCUT2D eigenvalue weighted by Crippen LogP contribution is 2.31. The van der Waals surface area contributed by atoms with Gasteiger partial charge in [0.25, 0.3) is 0 Å². The van der Waals surface area contributed by atoms with Gasteiger partial charge in [-0.15, -0.1) is 11.3 Å². The van der Waals surface area contributed by atoms with E-state index in [1.807, 2.05) is 64.5 Å². The van der Waals surface area contributed by atoms with E-state index in [4.69, 9.17) is 0 Å². The molecule has 1 aromatic carbocycles. The molecule has 0 radical (unpaired) electrons. The molecule has 0 bridgehead atoms. The summed E-state index contributed by atoms with van der Waals surface area (Å²) in [5.41, 5.74) is 4.46. The van der Waals surface area contributed by atoms with Gasteiger partial charge in [0, 0.05) is 12.1 Å². The fourth-order valence-corrected chi connectivity index (χ4v) is 3.69. The number of aryl methyl sites for hydroxylation is 1. The molecule has 0 spiro atoms. The molecule has 0 aliphatic heterocycles. The number of carbonyl (C=O) groups is 1. The summed E-state index contributed by atoms with van der Waals surface area (Å²) in [4.78, 5) is 18.8. The van der Waals surface area contributed by atoms with Crippen LogP contribution in [0.1, 0.15) is 38.1 Å². The van der Waals surface area contributed by atoms with Crippen molar-refractivity contribution in [2.45, 2.75) is 39.3 Å². The van der Waals surface area contributed by atoms with E-state index in [1.165, 1.54) is 4.90 Å². The first-order valence-corrected chi connectivity index (χ1v) is 8.81. The van der Waals surface area contributed by atoms with Crippen LogP contribution < -0.4 is 5.32 Å². The molecule has 0 saturated heterocycles. The third kappa shape index (κ3) is 3.94. The van der Waals surface area contributed by atoms with Gasteiger partial charge in [-0.05, 0) is 45.9 Å². The van der Waals surface area contributed by atoms with Crippen LogP contribution in [0.2, 0.25) is 0 Å². The smallest absolute Gasteiger partial charge is 0.408 e. The molecule has 0 fully saturated rings. The lowest BCUT2D eigenvalue weighted by Gasteiger charge is -2.40. The first-order chi connectivity index (χ1) is 11.3. The number of rotatable bonds is 5. The first-order valence-electron chi connectivity index (χ1n) is 7.93. The predicted molar refractivity (Wildman–Crippen MR) is 98.6 cm³/mol. The maximum Gasteiger partial charge on any atom is 0.408 e. The summed E-state index contributed by atoms with van der Waals surface area (Å²) in [5, 5.41) is 12.8. The Morgan fingerprint density at radius 2 is 1.96 bits per heavy atom. The largest absolute Gasteiger partial charge is 0.465 e. The van der Waals surface area contributed by atoms with E-state index >= 15 is 0 Å². The molecule has 2 rings (SSSR count). The van der Waals surface area contributed by atoms with Crippen LogP contribution in [0, 0.1) is 6.92 Å². The number of carboxylic acid groups (broad SMARTS) is 1. The number of nitrogens with one attached hydrogen (secondary N) is 1. The summed E-state index contributed by atoms with van der Waals surface area (Å²) in [5.74, 6) is 0. The summed E-state index contributed by atoms with van der Waals surface area (Å²) in [6.45, 7) is 8.30. The quantitative estimate of drug-likeness (QED) is 0.852. The lowest BCUT2D eigenvalue weighted by molar-refractivity contribution is 0.0700. The third-order valence-corrected chi connectivity index (χ3v) is 4.92. The van der Waals surface area contributed by atoms with Gasteiger partial charge in [0.1, 0.15) is 0 Å². The summed E-state index contributed by atoms with van der Waals surface area (Å²) < 4.78 is 0. The SMILES string of the molecule is CNCC(c1ccc(-c2scnc2C)cc1)N(C(=O)O)C(C)(C)C. The zero-order valence-corrected chi connectivity index (χ0v) is 15.6. The van der Waals surface area contributed by atoms with Crippen molar-refractivity contribution in [3.8, 4) is 10.4 Å². The average molecular weight is 347 g/mol. The van der Waals surface area contributed by atoms with Crippen molar-refractivity contribution in [2.75, 3.05) is 13.6 Å². The van der Waals surface area contributed by atoms with Gasteiger partial charge >= 0.3 is 6.09 Å². The van der Waals surface area contributed by atoms with E-state index in [1.54, 1.807) is 11.3 Å². The molecule has 1 atom stereocenters. The second kappa shape index (κ2) is 7.32. The van der Waals surface area contributed by atoms with Crippen LogP contribution in [0.15, 0.2) is 29.8 Å². The van der Waals surface area contributed by atoms with Crippen LogP contribution in [0.25, 0.3) is 10.4 Å². The van der Waals surface area contributed by atoms with Gasteiger partial charge in [0.2, 0.25) is 0 Å². The van der Waals surface area contributed by atoms with Crippen LogP contribution >= 0.6 is 11.3 Å². The minimum absolute atomic E-state index is 0.246. The van der Waals surface area contributed by atoms with E-state index in [-0.39, 0.29) is 6.04 Å². The Bertz CT molecular complexity index is 689. The average Bonchev–Trinajstić information content (AvgIpc) is 2.91. The van der Waals surface area contributed by atoms with Crippen molar-refractivity contribution in [2.24, 2.45) is 0 Å². The predicted octanol–water partition coefficient (Wildman–Crippen LogP) is 4.16. The molecular weight excluding hydrogens is 322 g/mol. The second-order valence-electron chi connectivity index (χ2n) is 6.79. The number of amides is 1. The molecule has 5 nitrogen and oxygen atoms in total. The van der Waals surface area contributed by atoms with Gasteiger partial charge in [-0.3, -0.25) is 4.90 Å². The Morgan fingerprint density at radius 3 is 2.38 bits per heavy atom. The van der Waals surface area contributed by atoms with E-state index in [2.05, 4.69) is 10.3 Å². The van der Waals surface area contributed by atoms with Crippen molar-refractivity contribution in [1.29, 1.82) is 0 Å². The maximum absolute atomic E-state index is 11.8. The molecule has 1 amide bonds. The fraction of sp³-hybridized carbons (Fsp3) is 0.444. The Balaban J connectivity index is 2.38. The van der Waals surface area contributed by atoms with Crippen LogP contribution in [0.5, 0.6) is 0 Å². The number of likely N-dealkylation sites (N-methyl/N-ethyl adjacent to an activating group) is 1. The topological polar surface area (TPSA) is 65.5 Å². The molecule has 1 heterocycles. The molecule has 1 unspecified atom stereocenters. The lowest BCUT2D eigenvalue weighted by Crippen LogP contribution is -2.49. The summed E-state index contributed by atoms with van der Waals surface area (Å²) in [7, 11) is 1.84. The van der Waals surface area contributed by atoms with Crippen LogP contribution in [0.4, 0.5) is 4.79 Å². The number of benzene rings is 1. The van der Waals surface area contributed by atoms with Gasteiger partial charge in [-0.1, -0.05) is 24.3 Å². The number of aromatic nitrogens is 1. The van der Waals surface area contributed by atoms with Crippen LogP contribution in [-0.4, -0.2) is 40.2 Å². The summed E-state index contributed by atoms with van der Waals surface area (Å²) in [6.07, 6.45) is -0.912. The highest BCUT2D eigenvalue weighted by Gasteiger charge is 2.33. The summed E-state index contributed by atoms with van der Waals surface area (Å²) >= 11 is 1.61. The van der Waals surface area contributed by atoms with Crippen molar-refractivity contribution in [3.63, 3.8) is 0 Å². The van der Waals surface area contributed by atoms with E-state index in [0.29, 0.717) is 6.54 Å². The molecule has 6 heteroatoms. The first kappa shape index (κ1) is 18.4. The molecule has 0 aliphatic rings. The molecule has 2 aromatic rings. The Morgan fingerprint density at radius 1 is 1.33 bits per heavy atom. The molecule has 0 saturated carbocycles. The van der Waals surface area contributed by atoms with Crippen molar-refractivity contribution in [3.05, 3.63) is 41.0 Å². The number of hydrogen-bond acceptors (Lipinski definition) is 4. The van der Waals surface area contributed by atoms with Crippen molar-refractivity contribution in [1.82, 2.24) is 15.2 Å². The highest BCUT2D eigenvalue weighted by molar-refractivity contribution is 7.13. The molecule has 130 valence electrons. The maximum atomic E-state index is 11.8. The molecule has 24 heavy (non-hydrogen) atoms. The Hall–Kier alpha value is -1.92. The number of nitrogens with zero attached hydrogens (tertiary/aromatic N) is 2. The van der Waals surface area contributed by atoms with Crippen molar-refractivity contribution >= 4 is 17.4 Å². The Kier molecular flexibility index (Phi) is 5.62. The molecular formula is C18H25N3O2S. The van der Waals surface area contributed by atoms with E-state index in [0.717, 1.165) is 21.7 Å². The van der Waals surface area contributed by atoms with Gasteiger partial charge in [-0.2, -0.15) is 0 Å². The molecule has 1 aromatic heterocycles. The minimum atomic E-state index is -0.912. The minimum Gasteiger partial charge on any atom is -0.465 e. The zero-order valence-electron chi connectivity index (χ0n) is 14.8. The molecule has 2 N–H and O–H groups in total. The second-order valence-corrected chi connectivity index (χ2v) is 7.64. The van der Waals surface area contributed by atoms with Gasteiger partial charge in [0.15, 0.2) is 0 Å². The van der Waals surface area contributed by atoms with Gasteiger partial charge < -0.3 is 10.4 Å². The zero-order chi connectivity index (χ0) is 17.9. The highest BCUT2D eigenvalue weighted by atomic mass is 32.1.